The van der Waals surface area contributed by atoms with Crippen LogP contribution in [0.3, 0.4) is 0 Å². The molecule has 4 N–H and O–H groups in total. The zero-order chi connectivity index (χ0) is 15.4. The molecule has 0 fully saturated rings. The molecule has 0 unspecified atom stereocenters. The third-order valence-corrected chi connectivity index (χ3v) is 3.94. The van der Waals surface area contributed by atoms with Crippen molar-refractivity contribution in [2.24, 2.45) is 0 Å². The SMILES string of the molecule is CCNC(=O)c1ccc(Sc2n[nH]c(=O)n2CC)c(N)c1. The summed E-state index contributed by atoms with van der Waals surface area (Å²) in [7, 11) is 0. The fourth-order valence-corrected chi connectivity index (χ4v) is 2.73. The zero-order valence-electron chi connectivity index (χ0n) is 11.8. The number of carbonyl (C=O) groups is 1. The lowest BCUT2D eigenvalue weighted by Gasteiger charge is -2.08. The molecule has 21 heavy (non-hydrogen) atoms. The zero-order valence-corrected chi connectivity index (χ0v) is 12.7. The smallest absolute Gasteiger partial charge is 0.343 e. The van der Waals surface area contributed by atoms with Gasteiger partial charge < -0.3 is 11.1 Å². The Labute approximate surface area is 125 Å². The summed E-state index contributed by atoms with van der Waals surface area (Å²) in [4.78, 5) is 24.0. The molecule has 0 saturated carbocycles. The second-order valence-corrected chi connectivity index (χ2v) is 5.28. The van der Waals surface area contributed by atoms with E-state index in [-0.39, 0.29) is 11.6 Å². The van der Waals surface area contributed by atoms with E-state index in [1.807, 2.05) is 13.8 Å². The molecule has 112 valence electrons. The van der Waals surface area contributed by atoms with E-state index < -0.39 is 0 Å². The first-order chi connectivity index (χ1) is 10.1. The van der Waals surface area contributed by atoms with Crippen LogP contribution < -0.4 is 16.7 Å². The van der Waals surface area contributed by atoms with Crippen molar-refractivity contribution in [1.82, 2.24) is 20.1 Å². The van der Waals surface area contributed by atoms with Crippen molar-refractivity contribution < 1.29 is 4.79 Å². The molecule has 0 aliphatic heterocycles. The van der Waals surface area contributed by atoms with Gasteiger partial charge >= 0.3 is 5.69 Å². The molecule has 0 bridgehead atoms. The number of nitrogens with zero attached hydrogens (tertiary/aromatic N) is 2. The molecule has 0 saturated heterocycles. The number of amides is 1. The molecule has 0 aliphatic rings. The van der Waals surface area contributed by atoms with Gasteiger partial charge in [0.1, 0.15) is 0 Å². The Kier molecular flexibility index (Phi) is 4.69. The monoisotopic (exact) mass is 307 g/mol. The highest BCUT2D eigenvalue weighted by molar-refractivity contribution is 7.99. The van der Waals surface area contributed by atoms with E-state index in [0.717, 1.165) is 4.90 Å². The number of nitrogen functional groups attached to an aromatic ring is 1. The van der Waals surface area contributed by atoms with Crippen molar-refractivity contribution in [3.8, 4) is 0 Å². The maximum absolute atomic E-state index is 11.7. The molecule has 7 nitrogen and oxygen atoms in total. The molecule has 1 heterocycles. The number of hydrogen-bond donors (Lipinski definition) is 3. The molecular weight excluding hydrogens is 290 g/mol. The van der Waals surface area contributed by atoms with E-state index in [1.54, 1.807) is 18.2 Å². The van der Waals surface area contributed by atoms with Gasteiger partial charge in [0.05, 0.1) is 0 Å². The van der Waals surface area contributed by atoms with Crippen LogP contribution in [0, 0.1) is 0 Å². The summed E-state index contributed by atoms with van der Waals surface area (Å²) < 4.78 is 1.52. The van der Waals surface area contributed by atoms with Crippen molar-refractivity contribution in [2.45, 2.75) is 30.4 Å². The van der Waals surface area contributed by atoms with E-state index in [4.69, 9.17) is 5.73 Å². The van der Waals surface area contributed by atoms with Crippen LogP contribution in [0.4, 0.5) is 5.69 Å². The maximum atomic E-state index is 11.7. The average molecular weight is 307 g/mol. The Bertz CT molecular complexity index is 707. The lowest BCUT2D eigenvalue weighted by atomic mass is 10.2. The van der Waals surface area contributed by atoms with Crippen LogP contribution in [0.5, 0.6) is 0 Å². The van der Waals surface area contributed by atoms with Gasteiger partial charge in [-0.05, 0) is 43.8 Å². The van der Waals surface area contributed by atoms with Crippen molar-refractivity contribution in [1.29, 1.82) is 0 Å². The summed E-state index contributed by atoms with van der Waals surface area (Å²) in [5.41, 5.74) is 6.70. The Morgan fingerprint density at radius 1 is 1.48 bits per heavy atom. The first-order valence-electron chi connectivity index (χ1n) is 6.57. The number of aromatic nitrogens is 3. The fraction of sp³-hybridized carbons (Fsp3) is 0.308. The summed E-state index contributed by atoms with van der Waals surface area (Å²) in [6.07, 6.45) is 0. The first kappa shape index (κ1) is 15.2. The minimum absolute atomic E-state index is 0.161. The first-order valence-corrected chi connectivity index (χ1v) is 7.39. The van der Waals surface area contributed by atoms with Crippen molar-refractivity contribution in [3.05, 3.63) is 34.2 Å². The number of hydrogen-bond acceptors (Lipinski definition) is 5. The van der Waals surface area contributed by atoms with Gasteiger partial charge in [0.25, 0.3) is 5.91 Å². The minimum Gasteiger partial charge on any atom is -0.398 e. The number of nitrogens with two attached hydrogens (primary N) is 1. The normalized spacial score (nSPS) is 10.6. The largest absolute Gasteiger partial charge is 0.398 e. The predicted octanol–water partition coefficient (Wildman–Crippen LogP) is 1.07. The molecule has 1 aromatic carbocycles. The Balaban J connectivity index is 2.25. The highest BCUT2D eigenvalue weighted by Gasteiger charge is 2.12. The molecule has 1 aromatic heterocycles. The summed E-state index contributed by atoms with van der Waals surface area (Å²) in [6.45, 7) is 4.80. The standard InChI is InChI=1S/C13H17N5O2S/c1-3-15-11(19)8-5-6-10(9(14)7-8)21-13-17-16-12(20)18(13)4-2/h5-7H,3-4,14H2,1-2H3,(H,15,19)(H,16,20). The van der Waals surface area contributed by atoms with Gasteiger partial charge in [-0.1, -0.05) is 0 Å². The summed E-state index contributed by atoms with van der Waals surface area (Å²) in [5, 5.41) is 9.63. The van der Waals surface area contributed by atoms with Gasteiger partial charge in [-0.15, -0.1) is 5.10 Å². The highest BCUT2D eigenvalue weighted by atomic mass is 32.2. The lowest BCUT2D eigenvalue weighted by molar-refractivity contribution is 0.0956. The van der Waals surface area contributed by atoms with Crippen LogP contribution in [-0.4, -0.2) is 27.2 Å². The van der Waals surface area contributed by atoms with E-state index in [9.17, 15) is 9.59 Å². The Morgan fingerprint density at radius 3 is 2.86 bits per heavy atom. The number of rotatable bonds is 5. The van der Waals surface area contributed by atoms with E-state index in [2.05, 4.69) is 15.5 Å². The second kappa shape index (κ2) is 6.49. The van der Waals surface area contributed by atoms with Gasteiger partial charge in [0, 0.05) is 29.2 Å². The number of carbonyl (C=O) groups excluding carboxylic acids is 1. The predicted molar refractivity (Wildman–Crippen MR) is 81.5 cm³/mol. The van der Waals surface area contributed by atoms with Crippen molar-refractivity contribution >= 4 is 23.4 Å². The molecule has 0 radical (unpaired) electrons. The Morgan fingerprint density at radius 2 is 2.24 bits per heavy atom. The summed E-state index contributed by atoms with van der Waals surface area (Å²) in [5.74, 6) is -0.161. The van der Waals surface area contributed by atoms with Crippen LogP contribution in [0.15, 0.2) is 33.0 Å². The molecule has 0 aliphatic carbocycles. The van der Waals surface area contributed by atoms with Gasteiger partial charge in [-0.2, -0.15) is 0 Å². The fourth-order valence-electron chi connectivity index (χ4n) is 1.80. The van der Waals surface area contributed by atoms with Crippen LogP contribution in [0.2, 0.25) is 0 Å². The molecule has 0 spiro atoms. The number of aromatic amines is 1. The molecule has 2 rings (SSSR count). The molecule has 2 aromatic rings. The van der Waals surface area contributed by atoms with Crippen LogP contribution >= 0.6 is 11.8 Å². The summed E-state index contributed by atoms with van der Waals surface area (Å²) in [6, 6.07) is 5.07. The molecule has 0 atom stereocenters. The molecule has 1 amide bonds. The van der Waals surface area contributed by atoms with Gasteiger partial charge in [0.15, 0.2) is 5.16 Å². The third kappa shape index (κ3) is 3.27. The third-order valence-electron chi connectivity index (χ3n) is 2.85. The number of anilines is 1. The Hall–Kier alpha value is -2.22. The number of H-pyrrole nitrogens is 1. The van der Waals surface area contributed by atoms with Crippen LogP contribution in [-0.2, 0) is 6.54 Å². The number of benzene rings is 1. The maximum Gasteiger partial charge on any atom is 0.343 e. The summed E-state index contributed by atoms with van der Waals surface area (Å²) >= 11 is 1.28. The van der Waals surface area contributed by atoms with Crippen LogP contribution in [0.1, 0.15) is 24.2 Å². The van der Waals surface area contributed by atoms with E-state index >= 15 is 0 Å². The second-order valence-electron chi connectivity index (χ2n) is 4.27. The quantitative estimate of drug-likeness (QED) is 0.717. The topological polar surface area (TPSA) is 106 Å². The van der Waals surface area contributed by atoms with Crippen molar-refractivity contribution in [2.75, 3.05) is 12.3 Å². The average Bonchev–Trinajstić information content (AvgIpc) is 2.81. The van der Waals surface area contributed by atoms with Gasteiger partial charge in [-0.3, -0.25) is 9.36 Å². The van der Waals surface area contributed by atoms with Gasteiger partial charge in [0.2, 0.25) is 0 Å². The highest BCUT2D eigenvalue weighted by Crippen LogP contribution is 2.30. The van der Waals surface area contributed by atoms with Crippen molar-refractivity contribution in [3.63, 3.8) is 0 Å². The minimum atomic E-state index is -0.252. The number of nitrogens with one attached hydrogen (secondary N) is 2. The van der Waals surface area contributed by atoms with Gasteiger partial charge in [-0.25, -0.2) is 9.89 Å². The van der Waals surface area contributed by atoms with E-state index in [1.165, 1.54) is 16.3 Å². The molecular formula is C13H17N5O2S. The lowest BCUT2D eigenvalue weighted by Crippen LogP contribution is -2.22. The van der Waals surface area contributed by atoms with E-state index in [0.29, 0.717) is 29.5 Å². The van der Waals surface area contributed by atoms with Crippen LogP contribution in [0.25, 0.3) is 0 Å². The molecule has 8 heteroatoms.